The molecule has 7 nitrogen and oxygen atoms in total. The minimum absolute atomic E-state index is 0.136. The van der Waals surface area contributed by atoms with E-state index in [9.17, 15) is 0 Å². The second-order valence-corrected chi connectivity index (χ2v) is 8.61. The van der Waals surface area contributed by atoms with Gasteiger partial charge < -0.3 is 14.8 Å². The number of fused-ring (bicyclic) bond motifs is 1. The first kappa shape index (κ1) is 19.5. The van der Waals surface area contributed by atoms with E-state index in [1.807, 2.05) is 34.8 Å². The van der Waals surface area contributed by atoms with Gasteiger partial charge in [0.1, 0.15) is 17.3 Å². The van der Waals surface area contributed by atoms with Gasteiger partial charge >= 0.3 is 0 Å². The number of methoxy groups -OCH3 is 1. The molecule has 1 aliphatic rings. The molecule has 0 atom stereocenters. The van der Waals surface area contributed by atoms with Crippen molar-refractivity contribution in [1.82, 2.24) is 19.8 Å². The highest BCUT2D eigenvalue weighted by molar-refractivity contribution is 5.47. The molecule has 7 heteroatoms. The Morgan fingerprint density at radius 2 is 1.90 bits per heavy atom. The molecule has 0 radical (unpaired) electrons. The summed E-state index contributed by atoms with van der Waals surface area (Å²) in [5.74, 6) is 3.29. The van der Waals surface area contributed by atoms with Gasteiger partial charge in [0.2, 0.25) is 0 Å². The van der Waals surface area contributed by atoms with E-state index in [1.165, 1.54) is 12.8 Å². The van der Waals surface area contributed by atoms with Crippen LogP contribution in [0.5, 0.6) is 11.5 Å². The Bertz CT molecular complexity index is 987. The Labute approximate surface area is 171 Å². The van der Waals surface area contributed by atoms with Gasteiger partial charge in [0.15, 0.2) is 11.5 Å². The number of rotatable bonds is 6. The van der Waals surface area contributed by atoms with Crippen LogP contribution in [-0.2, 0) is 12.0 Å². The molecule has 3 aromatic rings. The third-order valence-electron chi connectivity index (χ3n) is 5.26. The first-order valence-corrected chi connectivity index (χ1v) is 10.2. The van der Waals surface area contributed by atoms with Gasteiger partial charge in [-0.25, -0.2) is 0 Å². The Morgan fingerprint density at radius 1 is 1.10 bits per heavy atom. The van der Waals surface area contributed by atoms with Gasteiger partial charge in [0.05, 0.1) is 13.2 Å². The molecule has 0 spiro atoms. The molecule has 2 heterocycles. The maximum atomic E-state index is 6.29. The van der Waals surface area contributed by atoms with E-state index in [4.69, 9.17) is 14.6 Å². The van der Waals surface area contributed by atoms with Gasteiger partial charge in [-0.05, 0) is 49.9 Å². The van der Waals surface area contributed by atoms with Gasteiger partial charge in [-0.2, -0.15) is 4.52 Å². The minimum Gasteiger partial charge on any atom is -0.497 e. The van der Waals surface area contributed by atoms with Crippen molar-refractivity contribution in [3.8, 4) is 11.5 Å². The molecule has 1 aromatic carbocycles. The smallest absolute Gasteiger partial charge is 0.178 e. The number of benzene rings is 1. The standard InChI is InChI=1S/C22H29N5O2/c1-22(2,3)21-25-24-20-12-11-19(26-27(20)21)23-14-15-9-10-17(28-4)13-18(15)29-16-7-5-6-8-16/h9-13,16H,5-8,14H2,1-4H3,(H,23,26). The summed E-state index contributed by atoms with van der Waals surface area (Å²) in [7, 11) is 1.68. The van der Waals surface area contributed by atoms with Crippen LogP contribution < -0.4 is 14.8 Å². The molecule has 0 bridgehead atoms. The third-order valence-corrected chi connectivity index (χ3v) is 5.26. The maximum absolute atomic E-state index is 6.29. The van der Waals surface area contributed by atoms with Crippen LogP contribution in [0.3, 0.4) is 0 Å². The zero-order valence-corrected chi connectivity index (χ0v) is 17.6. The summed E-state index contributed by atoms with van der Waals surface area (Å²) in [6, 6.07) is 9.85. The first-order valence-electron chi connectivity index (χ1n) is 10.2. The lowest BCUT2D eigenvalue weighted by atomic mass is 9.96. The SMILES string of the molecule is COc1ccc(CNc2ccc3nnc(C(C)(C)C)n3n2)c(OC2CCCC2)c1. The van der Waals surface area contributed by atoms with Gasteiger partial charge in [0.25, 0.3) is 0 Å². The van der Waals surface area contributed by atoms with Crippen molar-refractivity contribution in [3.63, 3.8) is 0 Å². The first-order chi connectivity index (χ1) is 13.9. The van der Waals surface area contributed by atoms with Gasteiger partial charge in [-0.15, -0.1) is 15.3 Å². The Hall–Kier alpha value is -2.83. The number of anilines is 1. The van der Waals surface area contributed by atoms with Crippen LogP contribution in [0.4, 0.5) is 5.82 Å². The summed E-state index contributed by atoms with van der Waals surface area (Å²) >= 11 is 0. The van der Waals surface area contributed by atoms with Crippen molar-refractivity contribution in [2.45, 2.75) is 64.5 Å². The number of ether oxygens (including phenoxy) is 2. The fraction of sp³-hybridized carbons (Fsp3) is 0.500. The van der Waals surface area contributed by atoms with E-state index in [0.717, 1.165) is 47.2 Å². The number of aromatic nitrogens is 4. The molecule has 1 N–H and O–H groups in total. The molecule has 0 unspecified atom stereocenters. The summed E-state index contributed by atoms with van der Waals surface area (Å²) in [5.41, 5.74) is 1.69. The quantitative estimate of drug-likeness (QED) is 0.668. The van der Waals surface area contributed by atoms with E-state index in [1.54, 1.807) is 7.11 Å². The lowest BCUT2D eigenvalue weighted by Crippen LogP contribution is -2.17. The monoisotopic (exact) mass is 395 g/mol. The zero-order chi connectivity index (χ0) is 20.4. The predicted octanol–water partition coefficient (Wildman–Crippen LogP) is 4.36. The molecular formula is C22H29N5O2. The molecule has 4 rings (SSSR count). The van der Waals surface area contributed by atoms with Crippen molar-refractivity contribution >= 4 is 11.5 Å². The van der Waals surface area contributed by atoms with Crippen LogP contribution in [0.25, 0.3) is 5.65 Å². The lowest BCUT2D eigenvalue weighted by molar-refractivity contribution is 0.207. The molecule has 0 aliphatic heterocycles. The second kappa shape index (κ2) is 7.89. The van der Waals surface area contributed by atoms with E-state index in [0.29, 0.717) is 12.6 Å². The van der Waals surface area contributed by atoms with Gasteiger partial charge in [0, 0.05) is 23.6 Å². The minimum atomic E-state index is -0.136. The fourth-order valence-corrected chi connectivity index (χ4v) is 3.64. The number of hydrogen-bond donors (Lipinski definition) is 1. The fourth-order valence-electron chi connectivity index (χ4n) is 3.64. The van der Waals surface area contributed by atoms with Crippen molar-refractivity contribution in [2.75, 3.05) is 12.4 Å². The number of nitrogens with zero attached hydrogens (tertiary/aromatic N) is 4. The molecule has 0 saturated heterocycles. The molecule has 0 amide bonds. The Kier molecular flexibility index (Phi) is 5.30. The highest BCUT2D eigenvalue weighted by Crippen LogP contribution is 2.30. The van der Waals surface area contributed by atoms with Crippen LogP contribution in [-0.4, -0.2) is 33.0 Å². The zero-order valence-electron chi connectivity index (χ0n) is 17.6. The van der Waals surface area contributed by atoms with E-state index in [-0.39, 0.29) is 5.41 Å². The van der Waals surface area contributed by atoms with Crippen LogP contribution >= 0.6 is 0 Å². The topological polar surface area (TPSA) is 73.6 Å². The van der Waals surface area contributed by atoms with Crippen molar-refractivity contribution in [1.29, 1.82) is 0 Å². The third kappa shape index (κ3) is 4.28. The van der Waals surface area contributed by atoms with Gasteiger partial charge in [-0.3, -0.25) is 0 Å². The van der Waals surface area contributed by atoms with Crippen molar-refractivity contribution in [2.24, 2.45) is 0 Å². The van der Waals surface area contributed by atoms with Crippen LogP contribution in [0.15, 0.2) is 30.3 Å². The van der Waals surface area contributed by atoms with E-state index < -0.39 is 0 Å². The molecule has 1 fully saturated rings. The molecule has 2 aromatic heterocycles. The van der Waals surface area contributed by atoms with E-state index in [2.05, 4.69) is 36.3 Å². The average Bonchev–Trinajstić information content (AvgIpc) is 3.35. The van der Waals surface area contributed by atoms with Crippen LogP contribution in [0.2, 0.25) is 0 Å². The molecular weight excluding hydrogens is 366 g/mol. The summed E-state index contributed by atoms with van der Waals surface area (Å²) in [5, 5.41) is 16.6. The molecule has 1 saturated carbocycles. The Morgan fingerprint density at radius 3 is 2.62 bits per heavy atom. The van der Waals surface area contributed by atoms with Gasteiger partial charge in [-0.1, -0.05) is 20.8 Å². The second-order valence-electron chi connectivity index (χ2n) is 8.61. The van der Waals surface area contributed by atoms with Crippen molar-refractivity contribution < 1.29 is 9.47 Å². The summed E-state index contributed by atoms with van der Waals surface area (Å²) < 4.78 is 13.5. The average molecular weight is 396 g/mol. The van der Waals surface area contributed by atoms with Crippen LogP contribution in [0, 0.1) is 0 Å². The largest absolute Gasteiger partial charge is 0.497 e. The number of hydrogen-bond acceptors (Lipinski definition) is 6. The normalized spacial score (nSPS) is 15.0. The highest BCUT2D eigenvalue weighted by Gasteiger charge is 2.22. The molecule has 1 aliphatic carbocycles. The predicted molar refractivity (Wildman–Crippen MR) is 113 cm³/mol. The molecule has 154 valence electrons. The number of nitrogens with one attached hydrogen (secondary N) is 1. The summed E-state index contributed by atoms with van der Waals surface area (Å²) in [4.78, 5) is 0. The van der Waals surface area contributed by atoms with Crippen molar-refractivity contribution in [3.05, 3.63) is 41.7 Å². The lowest BCUT2D eigenvalue weighted by Gasteiger charge is -2.18. The highest BCUT2D eigenvalue weighted by atomic mass is 16.5. The maximum Gasteiger partial charge on any atom is 0.178 e. The Balaban J connectivity index is 1.55. The van der Waals surface area contributed by atoms with Crippen LogP contribution in [0.1, 0.15) is 57.8 Å². The summed E-state index contributed by atoms with van der Waals surface area (Å²) in [6.45, 7) is 6.93. The molecule has 29 heavy (non-hydrogen) atoms. The summed E-state index contributed by atoms with van der Waals surface area (Å²) in [6.07, 6.45) is 5.00. The van der Waals surface area contributed by atoms with E-state index >= 15 is 0 Å².